The lowest BCUT2D eigenvalue weighted by Crippen LogP contribution is -2.41. The first-order valence-corrected chi connectivity index (χ1v) is 8.09. The standard InChI is InChI=1S/C17H26N2O2/c1-3-15-12-19(8-9-20-2)16-10-13-4-6-18-7-5-14(13)11-17(16)21-15/h10-11,15,18H,3-9,12H2,1-2H3. The van der Waals surface area contributed by atoms with Gasteiger partial charge in [0.1, 0.15) is 11.9 Å². The van der Waals surface area contributed by atoms with Crippen molar-refractivity contribution >= 4 is 5.69 Å². The van der Waals surface area contributed by atoms with Crippen molar-refractivity contribution in [1.82, 2.24) is 5.32 Å². The van der Waals surface area contributed by atoms with E-state index >= 15 is 0 Å². The van der Waals surface area contributed by atoms with E-state index in [-0.39, 0.29) is 6.10 Å². The number of nitrogens with one attached hydrogen (secondary N) is 1. The molecule has 1 N–H and O–H groups in total. The Labute approximate surface area is 127 Å². The Morgan fingerprint density at radius 3 is 2.76 bits per heavy atom. The monoisotopic (exact) mass is 290 g/mol. The summed E-state index contributed by atoms with van der Waals surface area (Å²) >= 11 is 0. The first kappa shape index (κ1) is 14.7. The van der Waals surface area contributed by atoms with E-state index in [0.717, 1.165) is 57.8 Å². The van der Waals surface area contributed by atoms with Gasteiger partial charge in [-0.1, -0.05) is 6.92 Å². The molecule has 0 spiro atoms. The summed E-state index contributed by atoms with van der Waals surface area (Å²) in [5.41, 5.74) is 4.17. The molecule has 1 unspecified atom stereocenters. The van der Waals surface area contributed by atoms with Gasteiger partial charge in [0.05, 0.1) is 18.8 Å². The number of fused-ring (bicyclic) bond motifs is 2. The van der Waals surface area contributed by atoms with Crippen LogP contribution >= 0.6 is 0 Å². The Morgan fingerprint density at radius 1 is 1.29 bits per heavy atom. The fourth-order valence-corrected chi connectivity index (χ4v) is 3.22. The van der Waals surface area contributed by atoms with Crippen LogP contribution in [0, 0.1) is 0 Å². The zero-order valence-corrected chi connectivity index (χ0v) is 13.2. The third kappa shape index (κ3) is 3.16. The number of benzene rings is 1. The summed E-state index contributed by atoms with van der Waals surface area (Å²) in [4.78, 5) is 2.43. The van der Waals surface area contributed by atoms with Crippen molar-refractivity contribution in [3.63, 3.8) is 0 Å². The van der Waals surface area contributed by atoms with Crippen LogP contribution in [0.15, 0.2) is 12.1 Å². The summed E-state index contributed by atoms with van der Waals surface area (Å²) < 4.78 is 11.5. The molecule has 2 aliphatic rings. The highest BCUT2D eigenvalue weighted by molar-refractivity contribution is 5.64. The Balaban J connectivity index is 1.92. The van der Waals surface area contributed by atoms with Crippen LogP contribution < -0.4 is 15.0 Å². The molecule has 0 radical (unpaired) electrons. The maximum atomic E-state index is 6.20. The number of nitrogens with zero attached hydrogens (tertiary/aromatic N) is 1. The molecule has 0 fully saturated rings. The van der Waals surface area contributed by atoms with Crippen molar-refractivity contribution in [2.24, 2.45) is 0 Å². The number of anilines is 1. The average Bonchev–Trinajstić information content (AvgIpc) is 2.75. The van der Waals surface area contributed by atoms with Crippen LogP contribution in [0.1, 0.15) is 24.5 Å². The zero-order valence-electron chi connectivity index (χ0n) is 13.2. The topological polar surface area (TPSA) is 33.7 Å². The Kier molecular flexibility index (Phi) is 4.66. The van der Waals surface area contributed by atoms with Crippen LogP contribution in [0.2, 0.25) is 0 Å². The van der Waals surface area contributed by atoms with Crippen LogP contribution in [-0.4, -0.2) is 46.0 Å². The number of hydrogen-bond acceptors (Lipinski definition) is 4. The van der Waals surface area contributed by atoms with E-state index in [4.69, 9.17) is 9.47 Å². The Hall–Kier alpha value is -1.26. The lowest BCUT2D eigenvalue weighted by atomic mass is 9.99. The number of rotatable bonds is 4. The molecule has 1 aromatic rings. The van der Waals surface area contributed by atoms with Crippen LogP contribution in [0.3, 0.4) is 0 Å². The fourth-order valence-electron chi connectivity index (χ4n) is 3.22. The molecule has 2 aliphatic heterocycles. The van der Waals surface area contributed by atoms with Crippen molar-refractivity contribution in [2.45, 2.75) is 32.3 Å². The van der Waals surface area contributed by atoms with Gasteiger partial charge in [-0.05, 0) is 55.6 Å². The summed E-state index contributed by atoms with van der Waals surface area (Å²) in [7, 11) is 1.77. The van der Waals surface area contributed by atoms with E-state index in [1.807, 2.05) is 0 Å². The van der Waals surface area contributed by atoms with Gasteiger partial charge >= 0.3 is 0 Å². The summed E-state index contributed by atoms with van der Waals surface area (Å²) in [6.07, 6.45) is 3.54. The molecule has 0 saturated heterocycles. The molecule has 1 atom stereocenters. The third-order valence-corrected chi connectivity index (χ3v) is 4.50. The van der Waals surface area contributed by atoms with E-state index in [0.29, 0.717) is 0 Å². The molecule has 3 rings (SSSR count). The minimum Gasteiger partial charge on any atom is -0.486 e. The normalized spacial score (nSPS) is 21.2. The fraction of sp³-hybridized carbons (Fsp3) is 0.647. The van der Waals surface area contributed by atoms with E-state index < -0.39 is 0 Å². The van der Waals surface area contributed by atoms with Gasteiger partial charge in [0.15, 0.2) is 0 Å². The second-order valence-electron chi connectivity index (χ2n) is 5.93. The average molecular weight is 290 g/mol. The van der Waals surface area contributed by atoms with Crippen LogP contribution in [0.4, 0.5) is 5.69 Å². The Morgan fingerprint density at radius 2 is 2.05 bits per heavy atom. The van der Waals surface area contributed by atoms with Crippen molar-refractivity contribution < 1.29 is 9.47 Å². The molecule has 4 heteroatoms. The van der Waals surface area contributed by atoms with Crippen molar-refractivity contribution in [3.8, 4) is 5.75 Å². The SMILES string of the molecule is CCC1CN(CCOC)c2cc3c(cc2O1)CCNCC3. The number of ether oxygens (including phenoxy) is 2. The molecule has 0 saturated carbocycles. The van der Waals surface area contributed by atoms with Gasteiger partial charge in [0.25, 0.3) is 0 Å². The van der Waals surface area contributed by atoms with E-state index in [2.05, 4.69) is 29.3 Å². The van der Waals surface area contributed by atoms with E-state index in [1.165, 1.54) is 16.8 Å². The minimum absolute atomic E-state index is 0.288. The van der Waals surface area contributed by atoms with Crippen molar-refractivity contribution in [2.75, 3.05) is 44.8 Å². The van der Waals surface area contributed by atoms with Crippen LogP contribution in [0.5, 0.6) is 5.75 Å². The van der Waals surface area contributed by atoms with Crippen LogP contribution in [-0.2, 0) is 17.6 Å². The number of hydrogen-bond donors (Lipinski definition) is 1. The molecule has 1 aromatic carbocycles. The quantitative estimate of drug-likeness (QED) is 0.919. The second-order valence-corrected chi connectivity index (χ2v) is 5.93. The van der Waals surface area contributed by atoms with Gasteiger partial charge in [-0.3, -0.25) is 0 Å². The maximum Gasteiger partial charge on any atom is 0.143 e. The predicted octanol–water partition coefficient (Wildman–Crippen LogP) is 2.00. The van der Waals surface area contributed by atoms with Gasteiger partial charge < -0.3 is 19.7 Å². The van der Waals surface area contributed by atoms with E-state index in [1.54, 1.807) is 7.11 Å². The zero-order chi connectivity index (χ0) is 14.7. The largest absolute Gasteiger partial charge is 0.486 e. The van der Waals surface area contributed by atoms with Gasteiger partial charge in [-0.2, -0.15) is 0 Å². The maximum absolute atomic E-state index is 6.20. The van der Waals surface area contributed by atoms with Crippen molar-refractivity contribution in [3.05, 3.63) is 23.3 Å². The molecule has 21 heavy (non-hydrogen) atoms. The summed E-state index contributed by atoms with van der Waals surface area (Å²) in [6, 6.07) is 4.62. The molecule has 0 aromatic heterocycles. The summed E-state index contributed by atoms with van der Waals surface area (Å²) in [6.45, 7) is 6.98. The minimum atomic E-state index is 0.288. The smallest absolute Gasteiger partial charge is 0.143 e. The first-order valence-electron chi connectivity index (χ1n) is 8.09. The molecule has 2 heterocycles. The molecule has 4 nitrogen and oxygen atoms in total. The lowest BCUT2D eigenvalue weighted by Gasteiger charge is -2.36. The van der Waals surface area contributed by atoms with Gasteiger partial charge in [-0.25, -0.2) is 0 Å². The lowest BCUT2D eigenvalue weighted by molar-refractivity contribution is 0.174. The van der Waals surface area contributed by atoms with E-state index in [9.17, 15) is 0 Å². The molecule has 0 bridgehead atoms. The Bertz CT molecular complexity index is 490. The number of methoxy groups -OCH3 is 1. The highest BCUT2D eigenvalue weighted by Gasteiger charge is 2.26. The van der Waals surface area contributed by atoms with Gasteiger partial charge in [-0.15, -0.1) is 0 Å². The van der Waals surface area contributed by atoms with Crippen molar-refractivity contribution in [1.29, 1.82) is 0 Å². The second kappa shape index (κ2) is 6.67. The third-order valence-electron chi connectivity index (χ3n) is 4.50. The summed E-state index contributed by atoms with van der Waals surface area (Å²) in [5, 5.41) is 3.48. The molecule has 0 aliphatic carbocycles. The highest BCUT2D eigenvalue weighted by atomic mass is 16.5. The summed E-state index contributed by atoms with van der Waals surface area (Å²) in [5.74, 6) is 1.06. The highest BCUT2D eigenvalue weighted by Crippen LogP contribution is 2.37. The molecular formula is C17H26N2O2. The molecule has 116 valence electrons. The van der Waals surface area contributed by atoms with Crippen LogP contribution in [0.25, 0.3) is 0 Å². The predicted molar refractivity (Wildman–Crippen MR) is 85.5 cm³/mol. The van der Waals surface area contributed by atoms with Gasteiger partial charge in [0.2, 0.25) is 0 Å². The van der Waals surface area contributed by atoms with Gasteiger partial charge in [0, 0.05) is 13.7 Å². The molecular weight excluding hydrogens is 264 g/mol. The molecule has 0 amide bonds. The first-order chi connectivity index (χ1) is 10.3.